The summed E-state index contributed by atoms with van der Waals surface area (Å²) in [6.07, 6.45) is 2.56. The number of benzene rings is 1. The maximum Gasteiger partial charge on any atom is 0.253 e. The highest BCUT2D eigenvalue weighted by Crippen LogP contribution is 2.30. The number of methoxy groups -OCH3 is 1. The smallest absolute Gasteiger partial charge is 0.253 e. The van der Waals surface area contributed by atoms with Gasteiger partial charge in [-0.15, -0.1) is 0 Å². The van der Waals surface area contributed by atoms with Crippen molar-refractivity contribution in [1.29, 1.82) is 0 Å². The highest BCUT2D eigenvalue weighted by molar-refractivity contribution is 5.82. The average Bonchev–Trinajstić information content (AvgIpc) is 2.58. The summed E-state index contributed by atoms with van der Waals surface area (Å²) in [4.78, 5) is 12.0. The van der Waals surface area contributed by atoms with E-state index in [1.54, 1.807) is 14.2 Å². The van der Waals surface area contributed by atoms with Gasteiger partial charge in [0.25, 0.3) is 5.91 Å². The Morgan fingerprint density at radius 1 is 1.33 bits per heavy atom. The van der Waals surface area contributed by atoms with E-state index in [1.807, 2.05) is 24.3 Å². The number of hydrogen-bond acceptors (Lipinski definition) is 3. The van der Waals surface area contributed by atoms with Crippen molar-refractivity contribution >= 4 is 5.91 Å². The molecule has 0 saturated carbocycles. The lowest BCUT2D eigenvalue weighted by atomic mass is 9.89. The summed E-state index contributed by atoms with van der Waals surface area (Å²) in [6, 6.07) is 7.74. The van der Waals surface area contributed by atoms with Crippen LogP contribution < -0.4 is 5.32 Å². The van der Waals surface area contributed by atoms with E-state index in [1.165, 1.54) is 11.1 Å². The first kappa shape index (κ1) is 18.3. The van der Waals surface area contributed by atoms with Gasteiger partial charge in [0.1, 0.15) is 12.4 Å². The van der Waals surface area contributed by atoms with Crippen molar-refractivity contribution in [1.82, 2.24) is 5.32 Å². The van der Waals surface area contributed by atoms with Crippen LogP contribution >= 0.6 is 0 Å². The van der Waals surface area contributed by atoms with E-state index in [-0.39, 0.29) is 5.91 Å². The van der Waals surface area contributed by atoms with E-state index in [2.05, 4.69) is 32.2 Å². The minimum absolute atomic E-state index is 0.164. The van der Waals surface area contributed by atoms with Gasteiger partial charge >= 0.3 is 0 Å². The molecule has 1 aliphatic rings. The van der Waals surface area contributed by atoms with Crippen molar-refractivity contribution < 1.29 is 14.3 Å². The molecule has 1 N–H and O–H groups in total. The number of rotatable bonds is 6. The van der Waals surface area contributed by atoms with Crippen molar-refractivity contribution in [3.05, 3.63) is 58.4 Å². The first-order valence-electron chi connectivity index (χ1n) is 8.30. The average molecular weight is 329 g/mol. The molecule has 0 aliphatic heterocycles. The predicted octanol–water partition coefficient (Wildman–Crippen LogP) is 3.90. The summed E-state index contributed by atoms with van der Waals surface area (Å²) in [5.41, 5.74) is 4.39. The molecule has 2 rings (SSSR count). The number of nitrogens with one attached hydrogen (secondary N) is 1. The summed E-state index contributed by atoms with van der Waals surface area (Å²) in [6.45, 7) is 6.88. The number of allylic oxidation sites excluding steroid dienone is 3. The van der Waals surface area contributed by atoms with E-state index in [0.717, 1.165) is 23.3 Å². The predicted molar refractivity (Wildman–Crippen MR) is 95.3 cm³/mol. The molecule has 4 nitrogen and oxygen atoms in total. The standard InChI is InChI=1S/C20H27NO3/c1-13-10-14(2)15(3)18(11-13)24-12-16-8-6-7-9-17(16)19(23-5)20(22)21-4/h6-9,11,14,19H,10,12H2,1-5H3,(H,21,22). The molecule has 1 aromatic rings. The zero-order chi connectivity index (χ0) is 17.7. The number of carbonyl (C=O) groups excluding carboxylic acids is 1. The van der Waals surface area contributed by atoms with Gasteiger partial charge in [-0.1, -0.05) is 36.8 Å². The van der Waals surface area contributed by atoms with Gasteiger partial charge in [-0.2, -0.15) is 0 Å². The molecule has 0 fully saturated rings. The summed E-state index contributed by atoms with van der Waals surface area (Å²) in [5.74, 6) is 1.27. The van der Waals surface area contributed by atoms with Crippen molar-refractivity contribution in [2.45, 2.75) is 39.9 Å². The molecule has 1 aliphatic carbocycles. The molecule has 0 radical (unpaired) electrons. The fourth-order valence-electron chi connectivity index (χ4n) is 3.01. The monoisotopic (exact) mass is 329 g/mol. The van der Waals surface area contributed by atoms with Crippen LogP contribution in [0.15, 0.2) is 47.2 Å². The van der Waals surface area contributed by atoms with Gasteiger partial charge in [0.15, 0.2) is 6.10 Å². The third-order valence-electron chi connectivity index (χ3n) is 4.57. The molecule has 0 saturated heterocycles. The van der Waals surface area contributed by atoms with E-state index >= 15 is 0 Å². The van der Waals surface area contributed by atoms with Crippen molar-refractivity contribution in [2.75, 3.05) is 14.2 Å². The fourth-order valence-corrected chi connectivity index (χ4v) is 3.01. The van der Waals surface area contributed by atoms with Crippen LogP contribution in [0.1, 0.15) is 44.4 Å². The molecule has 130 valence electrons. The first-order valence-corrected chi connectivity index (χ1v) is 8.30. The third kappa shape index (κ3) is 4.06. The lowest BCUT2D eigenvalue weighted by Crippen LogP contribution is -2.27. The highest BCUT2D eigenvalue weighted by atomic mass is 16.5. The Kier molecular flexibility index (Phi) is 6.21. The van der Waals surface area contributed by atoms with Gasteiger partial charge in [0.2, 0.25) is 0 Å². The van der Waals surface area contributed by atoms with Gasteiger partial charge in [0, 0.05) is 14.2 Å². The normalized spacial score (nSPS) is 18.9. The third-order valence-corrected chi connectivity index (χ3v) is 4.57. The van der Waals surface area contributed by atoms with Gasteiger partial charge < -0.3 is 14.8 Å². The Morgan fingerprint density at radius 2 is 2.04 bits per heavy atom. The second-order valence-electron chi connectivity index (χ2n) is 6.36. The maximum atomic E-state index is 12.0. The van der Waals surface area contributed by atoms with Gasteiger partial charge in [0.05, 0.1) is 0 Å². The Bertz CT molecular complexity index is 661. The summed E-state index contributed by atoms with van der Waals surface area (Å²) < 4.78 is 11.5. The lowest BCUT2D eigenvalue weighted by Gasteiger charge is -2.23. The zero-order valence-corrected chi connectivity index (χ0v) is 15.2. The number of likely N-dealkylation sites (N-methyl/N-ethyl adjacent to an activating group) is 1. The van der Waals surface area contributed by atoms with Gasteiger partial charge in [-0.25, -0.2) is 0 Å². The first-order chi connectivity index (χ1) is 11.5. The molecule has 0 bridgehead atoms. The van der Waals surface area contributed by atoms with E-state index < -0.39 is 6.10 Å². The molecule has 1 amide bonds. The van der Waals surface area contributed by atoms with Crippen LogP contribution in [-0.4, -0.2) is 20.1 Å². The van der Waals surface area contributed by atoms with Crippen LogP contribution in [-0.2, 0) is 20.9 Å². The highest BCUT2D eigenvalue weighted by Gasteiger charge is 2.22. The van der Waals surface area contributed by atoms with Crippen LogP contribution in [0.5, 0.6) is 0 Å². The van der Waals surface area contributed by atoms with Crippen LogP contribution in [0.25, 0.3) is 0 Å². The second-order valence-corrected chi connectivity index (χ2v) is 6.36. The van der Waals surface area contributed by atoms with Crippen molar-refractivity contribution in [3.63, 3.8) is 0 Å². The summed E-state index contributed by atoms with van der Waals surface area (Å²) >= 11 is 0. The SMILES string of the molecule is CNC(=O)C(OC)c1ccccc1COC1=C(C)C(C)CC(C)=C1. The van der Waals surface area contributed by atoms with Gasteiger partial charge in [-0.05, 0) is 49.0 Å². The largest absolute Gasteiger partial charge is 0.489 e. The number of carbonyl (C=O) groups is 1. The summed E-state index contributed by atoms with van der Waals surface area (Å²) in [5, 5.41) is 2.64. The Morgan fingerprint density at radius 3 is 2.71 bits per heavy atom. The van der Waals surface area contributed by atoms with E-state index in [0.29, 0.717) is 12.5 Å². The van der Waals surface area contributed by atoms with E-state index in [4.69, 9.17) is 9.47 Å². The Balaban J connectivity index is 2.22. The molecule has 1 aromatic carbocycles. The summed E-state index contributed by atoms with van der Waals surface area (Å²) in [7, 11) is 3.15. The quantitative estimate of drug-likeness (QED) is 0.861. The molecule has 0 aromatic heterocycles. The molecule has 4 heteroatoms. The lowest BCUT2D eigenvalue weighted by molar-refractivity contribution is -0.130. The molecule has 0 spiro atoms. The van der Waals surface area contributed by atoms with E-state index in [9.17, 15) is 4.79 Å². The van der Waals surface area contributed by atoms with Crippen molar-refractivity contribution in [2.24, 2.45) is 5.92 Å². The topological polar surface area (TPSA) is 47.6 Å². The van der Waals surface area contributed by atoms with Crippen LogP contribution in [0.2, 0.25) is 0 Å². The van der Waals surface area contributed by atoms with Crippen LogP contribution in [0.3, 0.4) is 0 Å². The molecule has 2 atom stereocenters. The number of hydrogen-bond donors (Lipinski definition) is 1. The Hall–Kier alpha value is -2.07. The molecule has 2 unspecified atom stereocenters. The maximum absolute atomic E-state index is 12.0. The van der Waals surface area contributed by atoms with Crippen molar-refractivity contribution in [3.8, 4) is 0 Å². The fraction of sp³-hybridized carbons (Fsp3) is 0.450. The minimum atomic E-state index is -0.632. The number of amides is 1. The second kappa shape index (κ2) is 8.15. The number of ether oxygens (including phenoxy) is 2. The minimum Gasteiger partial charge on any atom is -0.489 e. The Labute approximate surface area is 144 Å². The molecule has 24 heavy (non-hydrogen) atoms. The van der Waals surface area contributed by atoms with Crippen LogP contribution in [0.4, 0.5) is 0 Å². The van der Waals surface area contributed by atoms with Crippen LogP contribution in [0, 0.1) is 5.92 Å². The molecular formula is C20H27NO3. The zero-order valence-electron chi connectivity index (χ0n) is 15.2. The van der Waals surface area contributed by atoms with Gasteiger partial charge in [-0.3, -0.25) is 4.79 Å². The molecule has 0 heterocycles. The molecular weight excluding hydrogens is 302 g/mol.